The number of aromatic hydroxyl groups is 1. The Kier molecular flexibility index (Phi) is 8.73. The second kappa shape index (κ2) is 11.9. The van der Waals surface area contributed by atoms with E-state index in [0.29, 0.717) is 16.6 Å². The number of amides is 1. The van der Waals surface area contributed by atoms with Crippen LogP contribution < -0.4 is 5.73 Å². The van der Waals surface area contributed by atoms with Crippen LogP contribution in [0.1, 0.15) is 49.1 Å². The van der Waals surface area contributed by atoms with E-state index in [1.165, 1.54) is 25.1 Å². The zero-order valence-corrected chi connectivity index (χ0v) is 26.2. The number of aliphatic hydroxyl groups is 3. The minimum Gasteiger partial charge on any atom is -0.508 e. The van der Waals surface area contributed by atoms with Gasteiger partial charge in [0.05, 0.1) is 23.9 Å². The zero-order valence-electron chi connectivity index (χ0n) is 23.8. The maximum atomic E-state index is 14.5. The molecule has 6 atom stereocenters. The molecule has 0 saturated heterocycles. The molecule has 5 rings (SSSR count). The molecule has 0 bridgehead atoms. The van der Waals surface area contributed by atoms with Crippen LogP contribution in [0.25, 0.3) is 5.76 Å². The molecule has 0 heterocycles. The van der Waals surface area contributed by atoms with Gasteiger partial charge >= 0.3 is 5.97 Å². The summed E-state index contributed by atoms with van der Waals surface area (Å²) in [6.07, 6.45) is 2.72. The van der Waals surface area contributed by atoms with Crippen LogP contribution in [-0.4, -0.2) is 96.9 Å². The van der Waals surface area contributed by atoms with Gasteiger partial charge in [-0.05, 0) is 38.6 Å². The molecule has 4 aliphatic carbocycles. The summed E-state index contributed by atoms with van der Waals surface area (Å²) in [5.41, 5.74) is 1.71. The number of fused-ring (bicyclic) bond motifs is 3. The standard InChI is InChI=1S/C30H35BrN2O9S/c1-33(2)23-22-26(42-17(35)10-11-31)19-15(12-43-13-6-3-4-7-13)14-8-5-9-16(34)18(14)24(36)20(19)27(38)30(22,41)28(39)21(25(23)37)29(32)40/h5,8-9,13,15,19,22-23,26,34,36,39,41H,3-4,6-7,10-12H2,1-2H3,(H2,32,40)/t15-,19+,22+,23-,26-,30-/m0/s1. The number of phenols is 1. The lowest BCUT2D eigenvalue weighted by molar-refractivity contribution is -0.185. The van der Waals surface area contributed by atoms with Crippen molar-refractivity contribution in [3.05, 3.63) is 46.2 Å². The first-order valence-corrected chi connectivity index (χ1v) is 16.4. The number of nitrogens with zero attached hydrogens (tertiary/aromatic N) is 1. The van der Waals surface area contributed by atoms with Crippen LogP contribution in [0.4, 0.5) is 0 Å². The molecular weight excluding hydrogens is 644 g/mol. The Bertz CT molecular complexity index is 1440. The number of Topliss-reactive ketones (excluding diaryl/α,β-unsaturated/α-hetero) is 2. The average Bonchev–Trinajstić information content (AvgIpc) is 3.45. The van der Waals surface area contributed by atoms with E-state index in [-0.39, 0.29) is 28.6 Å². The molecule has 11 nitrogen and oxygen atoms in total. The predicted molar refractivity (Wildman–Crippen MR) is 162 cm³/mol. The summed E-state index contributed by atoms with van der Waals surface area (Å²) in [6.45, 7) is 0. The number of hydrogen-bond acceptors (Lipinski definition) is 11. The molecule has 2 saturated carbocycles. The Morgan fingerprint density at radius 1 is 1.16 bits per heavy atom. The van der Waals surface area contributed by atoms with Gasteiger partial charge in [0.1, 0.15) is 28.9 Å². The van der Waals surface area contributed by atoms with Crippen LogP contribution in [0.2, 0.25) is 0 Å². The number of primary amides is 1. The van der Waals surface area contributed by atoms with E-state index < -0.39 is 76.0 Å². The molecule has 0 spiro atoms. The van der Waals surface area contributed by atoms with Crippen molar-refractivity contribution in [3.8, 4) is 5.75 Å². The number of hydrogen-bond donors (Lipinski definition) is 5. The summed E-state index contributed by atoms with van der Waals surface area (Å²) in [5, 5.41) is 46.6. The molecule has 6 N–H and O–H groups in total. The number of alkyl halides is 1. The number of ketones is 2. The first-order chi connectivity index (χ1) is 20.4. The Morgan fingerprint density at radius 2 is 1.84 bits per heavy atom. The van der Waals surface area contributed by atoms with Crippen molar-refractivity contribution < 1.29 is 44.3 Å². The van der Waals surface area contributed by atoms with Crippen LogP contribution in [0.3, 0.4) is 0 Å². The van der Waals surface area contributed by atoms with Crippen LogP contribution in [0.15, 0.2) is 35.1 Å². The van der Waals surface area contributed by atoms with Crippen LogP contribution in [0.5, 0.6) is 5.75 Å². The normalized spacial score (nSPS) is 30.8. The van der Waals surface area contributed by atoms with E-state index in [1.807, 2.05) is 0 Å². The Labute approximate surface area is 261 Å². The maximum absolute atomic E-state index is 14.5. The molecule has 1 aromatic carbocycles. The van der Waals surface area contributed by atoms with E-state index in [2.05, 4.69) is 15.9 Å². The first kappa shape index (κ1) is 31.6. The molecule has 2 fully saturated rings. The van der Waals surface area contributed by atoms with Gasteiger partial charge < -0.3 is 30.9 Å². The predicted octanol–water partition coefficient (Wildman–Crippen LogP) is 2.49. The van der Waals surface area contributed by atoms with E-state index in [4.69, 9.17) is 10.5 Å². The van der Waals surface area contributed by atoms with Gasteiger partial charge in [0.15, 0.2) is 11.4 Å². The number of rotatable bonds is 8. The Hall–Kier alpha value is -2.87. The van der Waals surface area contributed by atoms with Crippen LogP contribution >= 0.6 is 27.7 Å². The number of halogens is 1. The van der Waals surface area contributed by atoms with Gasteiger partial charge in [-0.3, -0.25) is 24.1 Å². The minimum absolute atomic E-state index is 0.00125. The number of phenolic OH excluding ortho intramolecular Hbond substituents is 1. The number of esters is 1. The highest BCUT2D eigenvalue weighted by molar-refractivity contribution is 9.09. The quantitative estimate of drug-likeness (QED) is 0.154. The summed E-state index contributed by atoms with van der Waals surface area (Å²) in [6, 6.07) is 3.29. The number of thioether (sulfide) groups is 1. The monoisotopic (exact) mass is 678 g/mol. The number of benzene rings is 1. The Balaban J connectivity index is 1.80. The van der Waals surface area contributed by atoms with Gasteiger partial charge in [-0.15, -0.1) is 0 Å². The summed E-state index contributed by atoms with van der Waals surface area (Å²) in [4.78, 5) is 55.1. The summed E-state index contributed by atoms with van der Waals surface area (Å²) < 4.78 is 6.03. The summed E-state index contributed by atoms with van der Waals surface area (Å²) in [5.74, 6) is -9.12. The number of carbonyl (C=O) groups is 4. The summed E-state index contributed by atoms with van der Waals surface area (Å²) in [7, 11) is 2.99. The molecule has 232 valence electrons. The number of ether oxygens (including phenoxy) is 1. The fourth-order valence-corrected chi connectivity index (χ4v) is 9.15. The smallest absolute Gasteiger partial charge is 0.306 e. The van der Waals surface area contributed by atoms with E-state index >= 15 is 0 Å². The van der Waals surface area contributed by atoms with Crippen LogP contribution in [-0.2, 0) is 23.9 Å². The van der Waals surface area contributed by atoms with Gasteiger partial charge in [0.2, 0.25) is 5.78 Å². The topological polar surface area (TPSA) is 188 Å². The van der Waals surface area contributed by atoms with Gasteiger partial charge in [-0.2, -0.15) is 11.8 Å². The highest BCUT2D eigenvalue weighted by Gasteiger charge is 2.69. The van der Waals surface area contributed by atoms with Crippen LogP contribution in [0, 0.1) is 11.8 Å². The molecule has 13 heteroatoms. The lowest BCUT2D eigenvalue weighted by atomic mass is 9.54. The van der Waals surface area contributed by atoms with E-state index in [1.54, 1.807) is 23.9 Å². The van der Waals surface area contributed by atoms with Crippen molar-refractivity contribution >= 4 is 56.9 Å². The molecule has 0 unspecified atom stereocenters. The number of nitrogens with two attached hydrogens (primary N) is 1. The lowest BCUT2D eigenvalue weighted by Gasteiger charge is -2.54. The molecule has 43 heavy (non-hydrogen) atoms. The number of carbonyl (C=O) groups excluding carboxylic acids is 4. The number of likely N-dealkylation sites (N-methyl/N-ethyl adjacent to an activating group) is 1. The van der Waals surface area contributed by atoms with Crippen molar-refractivity contribution in [1.82, 2.24) is 4.90 Å². The van der Waals surface area contributed by atoms with Crippen molar-refractivity contribution in [2.75, 3.05) is 25.2 Å². The highest BCUT2D eigenvalue weighted by atomic mass is 79.9. The Morgan fingerprint density at radius 3 is 2.44 bits per heavy atom. The molecule has 4 aliphatic rings. The summed E-state index contributed by atoms with van der Waals surface area (Å²) >= 11 is 4.90. The molecule has 0 radical (unpaired) electrons. The SMILES string of the molecule is CN(C)[C@@H]1C(=O)C(C(N)=O)=C(O)[C@@]2(O)C(=O)C3=C(O)c4c(O)cccc4[C@H](CSC4CCCC4)[C@H]3[C@H](OC(=O)CCBr)[C@@H]12. The highest BCUT2D eigenvalue weighted by Crippen LogP contribution is 2.58. The largest absolute Gasteiger partial charge is 0.508 e. The lowest BCUT2D eigenvalue weighted by Crippen LogP contribution is -2.71. The van der Waals surface area contributed by atoms with Crippen molar-refractivity contribution in [3.63, 3.8) is 0 Å². The molecule has 0 aliphatic heterocycles. The van der Waals surface area contributed by atoms with Crippen molar-refractivity contribution in [1.29, 1.82) is 0 Å². The third-order valence-electron chi connectivity index (χ3n) is 9.15. The van der Waals surface area contributed by atoms with E-state index in [9.17, 15) is 39.6 Å². The fourth-order valence-electron chi connectivity index (χ4n) is 7.29. The average molecular weight is 680 g/mol. The van der Waals surface area contributed by atoms with Gasteiger partial charge in [0.25, 0.3) is 5.91 Å². The van der Waals surface area contributed by atoms with Crippen molar-refractivity contribution in [2.24, 2.45) is 17.6 Å². The van der Waals surface area contributed by atoms with Crippen molar-refractivity contribution in [2.45, 2.75) is 61.0 Å². The molecular formula is C30H35BrN2O9S. The van der Waals surface area contributed by atoms with E-state index in [0.717, 1.165) is 25.7 Å². The minimum atomic E-state index is -2.96. The van der Waals surface area contributed by atoms with Gasteiger partial charge in [0, 0.05) is 33.7 Å². The van der Waals surface area contributed by atoms with Gasteiger partial charge in [-0.25, -0.2) is 0 Å². The van der Waals surface area contributed by atoms with Gasteiger partial charge in [-0.1, -0.05) is 40.9 Å². The molecule has 1 amide bonds. The molecule has 0 aromatic heterocycles. The maximum Gasteiger partial charge on any atom is 0.306 e. The second-order valence-electron chi connectivity index (χ2n) is 11.8. The zero-order chi connectivity index (χ0) is 31.4. The second-order valence-corrected chi connectivity index (χ2v) is 13.9. The fraction of sp³-hybridized carbons (Fsp3) is 0.533. The third kappa shape index (κ3) is 4.98. The third-order valence-corrected chi connectivity index (χ3v) is 11.0. The number of aliphatic hydroxyl groups excluding tert-OH is 2. The first-order valence-electron chi connectivity index (χ1n) is 14.2. The molecule has 1 aromatic rings.